The highest BCUT2D eigenvalue weighted by atomic mass is 79.9. The monoisotopic (exact) mass is 392 g/mol. The molecule has 24 heavy (non-hydrogen) atoms. The van der Waals surface area contributed by atoms with E-state index in [2.05, 4.69) is 46.4 Å². The lowest BCUT2D eigenvalue weighted by molar-refractivity contribution is -0.129. The highest BCUT2D eigenvalue weighted by molar-refractivity contribution is 9.10. The van der Waals surface area contributed by atoms with Gasteiger partial charge in [0, 0.05) is 40.8 Å². The van der Waals surface area contributed by atoms with Gasteiger partial charge in [-0.2, -0.15) is 4.98 Å². The molecule has 0 aromatic carbocycles. The van der Waals surface area contributed by atoms with Crippen LogP contribution in [0.5, 0.6) is 0 Å². The molecule has 8 heteroatoms. The number of amides is 1. The predicted octanol–water partition coefficient (Wildman–Crippen LogP) is 1.69. The Morgan fingerprint density at radius 2 is 2.17 bits per heavy atom. The zero-order chi connectivity index (χ0) is 17.3. The molecule has 0 bridgehead atoms. The molecule has 0 saturated carbocycles. The maximum absolute atomic E-state index is 12.2. The molecule has 1 atom stereocenters. The van der Waals surface area contributed by atoms with E-state index >= 15 is 0 Å². The average molecular weight is 393 g/mol. The number of carbonyl (C=O) groups excluding carboxylic acids is 1. The van der Waals surface area contributed by atoms with Gasteiger partial charge in [-0.15, -0.1) is 0 Å². The molecule has 2 aromatic rings. The minimum atomic E-state index is -0.416. The summed E-state index contributed by atoms with van der Waals surface area (Å²) in [5, 5.41) is 7.24. The van der Waals surface area contributed by atoms with Gasteiger partial charge in [-0.25, -0.2) is 9.97 Å². The van der Waals surface area contributed by atoms with E-state index in [-0.39, 0.29) is 12.1 Å². The maximum atomic E-state index is 12.2. The quantitative estimate of drug-likeness (QED) is 0.808. The fourth-order valence-electron chi connectivity index (χ4n) is 2.44. The van der Waals surface area contributed by atoms with Gasteiger partial charge in [0.2, 0.25) is 11.9 Å². The highest BCUT2D eigenvalue weighted by Gasteiger charge is 2.27. The summed E-state index contributed by atoms with van der Waals surface area (Å²) in [5.74, 6) is 0.654. The van der Waals surface area contributed by atoms with Crippen molar-refractivity contribution in [2.75, 3.05) is 24.5 Å². The van der Waals surface area contributed by atoms with Gasteiger partial charge in [0.15, 0.2) is 5.65 Å². The third-order valence-electron chi connectivity index (χ3n) is 3.83. The summed E-state index contributed by atoms with van der Waals surface area (Å²) in [5.41, 5.74) is 0.248. The van der Waals surface area contributed by atoms with Gasteiger partial charge in [-0.05, 0) is 22.0 Å². The summed E-state index contributed by atoms with van der Waals surface area (Å²) in [6.45, 7) is 7.86. The number of piperazine rings is 1. The van der Waals surface area contributed by atoms with Crippen LogP contribution in [0.2, 0.25) is 0 Å². The first-order chi connectivity index (χ1) is 11.3. The highest BCUT2D eigenvalue weighted by Crippen LogP contribution is 2.18. The van der Waals surface area contributed by atoms with Crippen LogP contribution in [0.25, 0.3) is 11.0 Å². The first-order valence-corrected chi connectivity index (χ1v) is 8.70. The summed E-state index contributed by atoms with van der Waals surface area (Å²) in [4.78, 5) is 27.5. The molecule has 0 aliphatic carbocycles. The lowest BCUT2D eigenvalue weighted by atomic mass is 9.95. The van der Waals surface area contributed by atoms with Crippen molar-refractivity contribution < 1.29 is 4.79 Å². The molecule has 1 fully saturated rings. The Morgan fingerprint density at radius 1 is 1.38 bits per heavy atom. The summed E-state index contributed by atoms with van der Waals surface area (Å²) < 4.78 is 0.901. The number of rotatable bonds is 2. The van der Waals surface area contributed by atoms with Crippen LogP contribution in [0.4, 0.5) is 5.95 Å². The Labute approximate surface area is 149 Å². The van der Waals surface area contributed by atoms with Gasteiger partial charge in [0.25, 0.3) is 0 Å². The molecule has 0 radical (unpaired) electrons. The topological polar surface area (TPSA) is 83.0 Å². The molecule has 1 aliphatic heterocycles. The van der Waals surface area contributed by atoms with Gasteiger partial charge in [-0.1, -0.05) is 20.8 Å². The number of aromatic nitrogens is 3. The molecule has 128 valence electrons. The number of nitrogens with zero attached hydrogens (tertiary/aromatic N) is 4. The number of fused-ring (bicyclic) bond motifs is 1. The minimum absolute atomic E-state index is 0.0211. The van der Waals surface area contributed by atoms with Crippen LogP contribution in [0, 0.1) is 5.41 Å². The van der Waals surface area contributed by atoms with E-state index in [1.54, 1.807) is 12.4 Å². The van der Waals surface area contributed by atoms with E-state index in [1.165, 1.54) is 0 Å². The number of pyridine rings is 1. The minimum Gasteiger partial charge on any atom is -0.339 e. The van der Waals surface area contributed by atoms with Crippen molar-refractivity contribution in [3.63, 3.8) is 0 Å². The van der Waals surface area contributed by atoms with E-state index in [1.807, 2.05) is 26.8 Å². The van der Waals surface area contributed by atoms with Gasteiger partial charge in [0.05, 0.1) is 12.7 Å². The summed E-state index contributed by atoms with van der Waals surface area (Å²) in [6, 6.07) is 1.94. The molecular formula is C16H21BrN6O. The largest absolute Gasteiger partial charge is 0.339 e. The number of carbonyl (C=O) groups is 1. The second-order valence-electron chi connectivity index (χ2n) is 6.91. The zero-order valence-electron chi connectivity index (χ0n) is 14.0. The Balaban J connectivity index is 1.75. The smallest absolute Gasteiger partial charge is 0.227 e. The zero-order valence-corrected chi connectivity index (χ0v) is 15.6. The maximum Gasteiger partial charge on any atom is 0.227 e. The molecule has 2 aromatic heterocycles. The van der Waals surface area contributed by atoms with Gasteiger partial charge in [0.1, 0.15) is 0 Å². The Morgan fingerprint density at radius 3 is 2.92 bits per heavy atom. The van der Waals surface area contributed by atoms with Crippen LogP contribution in [-0.4, -0.2) is 46.7 Å². The molecule has 3 heterocycles. The van der Waals surface area contributed by atoms with Crippen LogP contribution in [0.3, 0.4) is 0 Å². The molecule has 1 amide bonds. The second-order valence-corrected chi connectivity index (χ2v) is 7.83. The van der Waals surface area contributed by atoms with Gasteiger partial charge >= 0.3 is 0 Å². The third-order valence-corrected chi connectivity index (χ3v) is 4.27. The van der Waals surface area contributed by atoms with Gasteiger partial charge < -0.3 is 10.2 Å². The van der Waals surface area contributed by atoms with Crippen molar-refractivity contribution in [2.24, 2.45) is 5.41 Å². The number of hydrogen-bond donors (Lipinski definition) is 2. The molecule has 1 saturated heterocycles. The second kappa shape index (κ2) is 6.60. The number of nitrogens with one attached hydrogen (secondary N) is 2. The number of halogens is 1. The number of anilines is 1. The third kappa shape index (κ3) is 3.81. The van der Waals surface area contributed by atoms with E-state index < -0.39 is 5.41 Å². The van der Waals surface area contributed by atoms with Gasteiger partial charge in [-0.3, -0.25) is 10.1 Å². The predicted molar refractivity (Wildman–Crippen MR) is 96.6 cm³/mol. The van der Waals surface area contributed by atoms with Crippen LogP contribution >= 0.6 is 15.9 Å². The molecule has 1 aliphatic rings. The van der Waals surface area contributed by atoms with Crippen LogP contribution in [-0.2, 0) is 4.79 Å². The van der Waals surface area contributed by atoms with Crippen molar-refractivity contribution in [1.82, 2.24) is 25.6 Å². The molecule has 7 nitrogen and oxygen atoms in total. The first kappa shape index (κ1) is 17.0. The molecule has 2 N–H and O–H groups in total. The summed E-state index contributed by atoms with van der Waals surface area (Å²) in [7, 11) is 0. The summed E-state index contributed by atoms with van der Waals surface area (Å²) >= 11 is 3.40. The fourth-order valence-corrected chi connectivity index (χ4v) is 2.79. The van der Waals surface area contributed by atoms with E-state index in [0.29, 0.717) is 18.1 Å². The molecule has 3 rings (SSSR count). The summed E-state index contributed by atoms with van der Waals surface area (Å²) in [6.07, 6.45) is 3.38. The van der Waals surface area contributed by atoms with Crippen LogP contribution in [0.15, 0.2) is 22.9 Å². The molecule has 1 unspecified atom stereocenters. The standard InChI is InChI=1S/C16H21BrN6O/c1-16(2,3)14(24)21-12-9-23(5-4-18-12)15-20-7-10-6-11(17)8-19-13(10)22-15/h6-8,12,18H,4-5,9H2,1-3H3,(H,21,24). The van der Waals surface area contributed by atoms with Crippen molar-refractivity contribution >= 4 is 38.8 Å². The average Bonchev–Trinajstić information content (AvgIpc) is 2.53. The fraction of sp³-hybridized carbons (Fsp3) is 0.500. The van der Waals surface area contributed by atoms with E-state index in [0.717, 1.165) is 22.9 Å². The van der Waals surface area contributed by atoms with Crippen molar-refractivity contribution in [3.8, 4) is 0 Å². The van der Waals surface area contributed by atoms with Crippen molar-refractivity contribution in [1.29, 1.82) is 0 Å². The van der Waals surface area contributed by atoms with Crippen LogP contribution in [0.1, 0.15) is 20.8 Å². The molecular weight excluding hydrogens is 372 g/mol. The van der Waals surface area contributed by atoms with Crippen molar-refractivity contribution in [2.45, 2.75) is 26.9 Å². The Hall–Kier alpha value is -1.80. The van der Waals surface area contributed by atoms with E-state index in [4.69, 9.17) is 0 Å². The normalized spacial score (nSPS) is 18.7. The lowest BCUT2D eigenvalue weighted by Gasteiger charge is -2.35. The van der Waals surface area contributed by atoms with Crippen molar-refractivity contribution in [3.05, 3.63) is 22.9 Å². The Bertz CT molecular complexity index is 760. The lowest BCUT2D eigenvalue weighted by Crippen LogP contribution is -2.60. The van der Waals surface area contributed by atoms with E-state index in [9.17, 15) is 4.79 Å². The van der Waals surface area contributed by atoms with Crippen LogP contribution < -0.4 is 15.5 Å². The SMILES string of the molecule is CC(C)(C)C(=O)NC1CN(c2ncc3cc(Br)cnc3n2)CCN1. The first-order valence-electron chi connectivity index (χ1n) is 7.90. The molecule has 0 spiro atoms. The number of hydrogen-bond acceptors (Lipinski definition) is 6. The Kier molecular flexibility index (Phi) is 4.69.